The van der Waals surface area contributed by atoms with Crippen LogP contribution in [-0.4, -0.2) is 21.1 Å². The van der Waals surface area contributed by atoms with Crippen LogP contribution in [0.15, 0.2) is 60.3 Å². The van der Waals surface area contributed by atoms with Crippen LogP contribution in [0.1, 0.15) is 0 Å². The summed E-state index contributed by atoms with van der Waals surface area (Å²) in [5.74, 6) is 0.646. The molecule has 0 aliphatic heterocycles. The van der Waals surface area contributed by atoms with Crippen molar-refractivity contribution >= 4 is 43.4 Å². The zero-order chi connectivity index (χ0) is 17.4. The standard InChI is InChI=1S/C18H12ClN3O2S/c1-2-9-24-13-7-8-20-17-14(13)15-16(25-17)18(23)22(10-21-15)12-5-3-11(19)4-6-12/h2-8,10H,1,9H2. The lowest BCUT2D eigenvalue weighted by molar-refractivity contribution is 0.367. The molecule has 5 nitrogen and oxygen atoms in total. The van der Waals surface area contributed by atoms with Crippen LogP contribution >= 0.6 is 22.9 Å². The number of thiophene rings is 1. The molecule has 0 fully saturated rings. The fourth-order valence-electron chi connectivity index (χ4n) is 2.58. The van der Waals surface area contributed by atoms with Crippen molar-refractivity contribution in [2.75, 3.05) is 6.61 Å². The number of aromatic nitrogens is 3. The Morgan fingerprint density at radius 1 is 1.24 bits per heavy atom. The van der Waals surface area contributed by atoms with Crippen LogP contribution < -0.4 is 10.3 Å². The van der Waals surface area contributed by atoms with E-state index in [1.807, 2.05) is 0 Å². The Morgan fingerprint density at radius 2 is 2.04 bits per heavy atom. The zero-order valence-electron chi connectivity index (χ0n) is 13.0. The van der Waals surface area contributed by atoms with Gasteiger partial charge in [0.05, 0.1) is 11.1 Å². The number of pyridine rings is 1. The molecule has 0 saturated heterocycles. The molecule has 0 aliphatic carbocycles. The summed E-state index contributed by atoms with van der Waals surface area (Å²) in [5.41, 5.74) is 1.16. The molecule has 3 aromatic heterocycles. The van der Waals surface area contributed by atoms with E-state index in [4.69, 9.17) is 16.3 Å². The summed E-state index contributed by atoms with van der Waals surface area (Å²) in [6.07, 6.45) is 4.85. The van der Waals surface area contributed by atoms with Crippen LogP contribution in [0.3, 0.4) is 0 Å². The molecule has 0 aliphatic rings. The molecule has 0 bridgehead atoms. The molecule has 0 spiro atoms. The molecule has 0 amide bonds. The second-order valence-corrected chi connectivity index (χ2v) is 6.70. The van der Waals surface area contributed by atoms with Gasteiger partial charge in [0.1, 0.15) is 33.7 Å². The van der Waals surface area contributed by atoms with E-state index < -0.39 is 0 Å². The summed E-state index contributed by atoms with van der Waals surface area (Å²) in [7, 11) is 0. The van der Waals surface area contributed by atoms with Gasteiger partial charge >= 0.3 is 0 Å². The van der Waals surface area contributed by atoms with Crippen molar-refractivity contribution in [3.05, 3.63) is 70.9 Å². The highest BCUT2D eigenvalue weighted by atomic mass is 35.5. The summed E-state index contributed by atoms with van der Waals surface area (Å²) < 4.78 is 7.72. The van der Waals surface area contributed by atoms with Gasteiger partial charge in [-0.2, -0.15) is 0 Å². The van der Waals surface area contributed by atoms with Crippen molar-refractivity contribution in [2.45, 2.75) is 0 Å². The van der Waals surface area contributed by atoms with E-state index in [9.17, 15) is 4.79 Å². The van der Waals surface area contributed by atoms with E-state index in [2.05, 4.69) is 16.5 Å². The third-order valence-corrected chi connectivity index (χ3v) is 5.03. The normalized spacial score (nSPS) is 11.1. The van der Waals surface area contributed by atoms with Crippen LogP contribution in [0.5, 0.6) is 5.75 Å². The fourth-order valence-corrected chi connectivity index (χ4v) is 3.75. The third kappa shape index (κ3) is 2.69. The number of halogens is 1. The Balaban J connectivity index is 1.96. The predicted octanol–water partition coefficient (Wildman–Crippen LogP) is 4.21. The summed E-state index contributed by atoms with van der Waals surface area (Å²) >= 11 is 7.23. The Kier molecular flexibility index (Phi) is 3.99. The van der Waals surface area contributed by atoms with Crippen molar-refractivity contribution in [1.82, 2.24) is 14.5 Å². The highest BCUT2D eigenvalue weighted by Crippen LogP contribution is 2.35. The number of fused-ring (bicyclic) bond motifs is 3. The average molecular weight is 370 g/mol. The predicted molar refractivity (Wildman–Crippen MR) is 101 cm³/mol. The van der Waals surface area contributed by atoms with E-state index in [0.717, 1.165) is 10.2 Å². The van der Waals surface area contributed by atoms with Gasteiger partial charge < -0.3 is 4.74 Å². The van der Waals surface area contributed by atoms with Crippen LogP contribution in [0.25, 0.3) is 26.1 Å². The van der Waals surface area contributed by atoms with Crippen LogP contribution in [0.2, 0.25) is 5.02 Å². The molecule has 0 N–H and O–H groups in total. The molecule has 0 radical (unpaired) electrons. The van der Waals surface area contributed by atoms with Crippen molar-refractivity contribution in [3.8, 4) is 11.4 Å². The first kappa shape index (κ1) is 15.8. The minimum atomic E-state index is -0.148. The van der Waals surface area contributed by atoms with Crippen LogP contribution in [0, 0.1) is 0 Å². The number of hydrogen-bond donors (Lipinski definition) is 0. The van der Waals surface area contributed by atoms with E-state index in [1.54, 1.807) is 42.6 Å². The number of rotatable bonds is 4. The van der Waals surface area contributed by atoms with Gasteiger partial charge in [-0.05, 0) is 30.3 Å². The topological polar surface area (TPSA) is 57.0 Å². The molecular weight excluding hydrogens is 358 g/mol. The summed E-state index contributed by atoms with van der Waals surface area (Å²) in [6, 6.07) is 8.80. The smallest absolute Gasteiger partial charge is 0.275 e. The largest absolute Gasteiger partial charge is 0.489 e. The molecule has 1 aromatic carbocycles. The highest BCUT2D eigenvalue weighted by molar-refractivity contribution is 7.25. The lowest BCUT2D eigenvalue weighted by atomic mass is 10.2. The summed E-state index contributed by atoms with van der Waals surface area (Å²) in [6.45, 7) is 4.03. The Hall–Kier alpha value is -2.70. The van der Waals surface area contributed by atoms with Crippen molar-refractivity contribution in [3.63, 3.8) is 0 Å². The van der Waals surface area contributed by atoms with Crippen molar-refractivity contribution < 1.29 is 4.74 Å². The number of hydrogen-bond acceptors (Lipinski definition) is 5. The number of nitrogens with zero attached hydrogens (tertiary/aromatic N) is 3. The van der Waals surface area contributed by atoms with Crippen molar-refractivity contribution in [2.24, 2.45) is 0 Å². The van der Waals surface area contributed by atoms with E-state index >= 15 is 0 Å². The fraction of sp³-hybridized carbons (Fsp3) is 0.0556. The number of benzene rings is 1. The number of ether oxygens (including phenoxy) is 1. The van der Waals surface area contributed by atoms with Gasteiger partial charge in [-0.3, -0.25) is 9.36 Å². The second-order valence-electron chi connectivity index (χ2n) is 5.26. The SMILES string of the molecule is C=CCOc1ccnc2sc3c(=O)n(-c4ccc(Cl)cc4)cnc3c12. The van der Waals surface area contributed by atoms with Gasteiger partial charge in [-0.1, -0.05) is 24.3 Å². The molecular formula is C18H12ClN3O2S. The molecule has 0 saturated carbocycles. The molecule has 0 atom stereocenters. The van der Waals surface area contributed by atoms with Gasteiger partial charge in [0, 0.05) is 11.2 Å². The highest BCUT2D eigenvalue weighted by Gasteiger charge is 2.16. The maximum Gasteiger partial charge on any atom is 0.275 e. The van der Waals surface area contributed by atoms with Crippen molar-refractivity contribution in [1.29, 1.82) is 0 Å². The van der Waals surface area contributed by atoms with Gasteiger partial charge in [0.15, 0.2) is 0 Å². The average Bonchev–Trinajstić information content (AvgIpc) is 3.01. The molecule has 124 valence electrons. The maximum absolute atomic E-state index is 12.9. The van der Waals surface area contributed by atoms with E-state index in [0.29, 0.717) is 33.3 Å². The Morgan fingerprint density at radius 3 is 2.80 bits per heavy atom. The maximum atomic E-state index is 12.9. The molecule has 25 heavy (non-hydrogen) atoms. The quantitative estimate of drug-likeness (QED) is 0.505. The summed E-state index contributed by atoms with van der Waals surface area (Å²) in [5, 5.41) is 1.37. The monoisotopic (exact) mass is 369 g/mol. The van der Waals surface area contributed by atoms with Gasteiger partial charge in [-0.15, -0.1) is 11.3 Å². The molecule has 3 heterocycles. The van der Waals surface area contributed by atoms with E-state index in [1.165, 1.54) is 22.2 Å². The van der Waals surface area contributed by atoms with Gasteiger partial charge in [0.25, 0.3) is 5.56 Å². The molecule has 7 heteroatoms. The first-order valence-corrected chi connectivity index (χ1v) is 8.67. The first-order chi connectivity index (χ1) is 12.2. The lowest BCUT2D eigenvalue weighted by Gasteiger charge is -2.06. The third-order valence-electron chi connectivity index (χ3n) is 3.71. The van der Waals surface area contributed by atoms with Gasteiger partial charge in [-0.25, -0.2) is 9.97 Å². The minimum absolute atomic E-state index is 0.148. The minimum Gasteiger partial charge on any atom is -0.489 e. The molecule has 0 unspecified atom stereocenters. The van der Waals surface area contributed by atoms with Gasteiger partial charge in [0.2, 0.25) is 0 Å². The first-order valence-electron chi connectivity index (χ1n) is 7.47. The molecule has 4 rings (SSSR count). The van der Waals surface area contributed by atoms with Crippen LogP contribution in [-0.2, 0) is 0 Å². The summed E-state index contributed by atoms with van der Waals surface area (Å²) in [4.78, 5) is 22.5. The molecule has 4 aromatic rings. The Bertz CT molecular complexity index is 1150. The lowest BCUT2D eigenvalue weighted by Crippen LogP contribution is -2.17. The Labute approximate surface area is 151 Å². The zero-order valence-corrected chi connectivity index (χ0v) is 14.5. The van der Waals surface area contributed by atoms with E-state index in [-0.39, 0.29) is 5.56 Å². The second kappa shape index (κ2) is 6.31. The van der Waals surface area contributed by atoms with Crippen LogP contribution in [0.4, 0.5) is 0 Å².